The highest BCUT2D eigenvalue weighted by atomic mass is 19.4. The number of ether oxygens (including phenoxy) is 1. The zero-order chi connectivity index (χ0) is 29.4. The van der Waals surface area contributed by atoms with Crippen molar-refractivity contribution in [3.8, 4) is 0 Å². The summed E-state index contributed by atoms with van der Waals surface area (Å²) < 4.78 is 86.9. The van der Waals surface area contributed by atoms with Gasteiger partial charge in [0.25, 0.3) is 5.95 Å². The number of rotatable bonds is 5. The predicted molar refractivity (Wildman–Crippen MR) is 134 cm³/mol. The number of carbonyl (C=O) groups is 1. The van der Waals surface area contributed by atoms with Crippen molar-refractivity contribution in [3.63, 3.8) is 0 Å². The maximum Gasteiger partial charge on any atom is 0.416 e. The van der Waals surface area contributed by atoms with Crippen LogP contribution in [0.4, 0.5) is 42.8 Å². The topological polar surface area (TPSA) is 76.4 Å². The Hall–Kier alpha value is -3.84. The molecule has 0 bridgehead atoms. The van der Waals surface area contributed by atoms with Crippen LogP contribution < -0.4 is 9.80 Å². The highest BCUT2D eigenvalue weighted by Gasteiger charge is 2.38. The van der Waals surface area contributed by atoms with Crippen molar-refractivity contribution >= 4 is 17.7 Å². The Kier molecular flexibility index (Phi) is 7.99. The summed E-state index contributed by atoms with van der Waals surface area (Å²) in [5, 5.41) is 12.1. The van der Waals surface area contributed by atoms with Crippen molar-refractivity contribution in [2.75, 3.05) is 23.0 Å². The van der Waals surface area contributed by atoms with Crippen LogP contribution in [-0.4, -0.2) is 39.5 Å². The van der Waals surface area contributed by atoms with Crippen molar-refractivity contribution in [3.05, 3.63) is 63.7 Å². The van der Waals surface area contributed by atoms with Crippen molar-refractivity contribution in [1.82, 2.24) is 20.2 Å². The van der Waals surface area contributed by atoms with Crippen LogP contribution in [0.2, 0.25) is 0 Å². The number of tetrazole rings is 1. The van der Waals surface area contributed by atoms with Crippen molar-refractivity contribution in [1.29, 1.82) is 0 Å². The molecule has 1 amide bonds. The van der Waals surface area contributed by atoms with E-state index in [1.807, 2.05) is 26.0 Å². The first-order valence-corrected chi connectivity index (χ1v) is 12.5. The Morgan fingerprint density at radius 2 is 1.65 bits per heavy atom. The van der Waals surface area contributed by atoms with Gasteiger partial charge < -0.3 is 9.64 Å². The van der Waals surface area contributed by atoms with E-state index in [-0.39, 0.29) is 30.7 Å². The summed E-state index contributed by atoms with van der Waals surface area (Å²) in [6, 6.07) is 4.57. The number of hydrogen-bond acceptors (Lipinski definition) is 6. The Labute approximate surface area is 226 Å². The average Bonchev–Trinajstić information content (AvgIpc) is 3.21. The number of amides is 1. The molecule has 0 aliphatic carbocycles. The molecule has 2 heterocycles. The van der Waals surface area contributed by atoms with Gasteiger partial charge in [-0.25, -0.2) is 4.79 Å². The van der Waals surface area contributed by atoms with E-state index in [9.17, 15) is 31.1 Å². The number of carbonyl (C=O) groups excluding carboxylic acids is 1. The third kappa shape index (κ3) is 6.15. The molecule has 1 atom stereocenters. The SMILES string of the molecule is CCOC(=O)N1CCC[C@H](N(Cc2cc(C(F)(F)F)cc(C(F)(F)F)c2)c2nnn(C)n2)c2cc(C)c(C)cc21. The normalized spacial score (nSPS) is 15.9. The van der Waals surface area contributed by atoms with Gasteiger partial charge in [0, 0.05) is 13.1 Å². The predicted octanol–water partition coefficient (Wildman–Crippen LogP) is 6.37. The molecule has 8 nitrogen and oxygen atoms in total. The molecule has 0 saturated carbocycles. The summed E-state index contributed by atoms with van der Waals surface area (Å²) in [5.74, 6) is 0.0206. The van der Waals surface area contributed by atoms with Gasteiger partial charge in [0.05, 0.1) is 36.5 Å². The van der Waals surface area contributed by atoms with E-state index < -0.39 is 35.6 Å². The Balaban J connectivity index is 1.88. The first-order chi connectivity index (χ1) is 18.7. The summed E-state index contributed by atoms with van der Waals surface area (Å²) in [6.07, 6.45) is -9.67. The van der Waals surface area contributed by atoms with Crippen LogP contribution in [0.3, 0.4) is 0 Å². The van der Waals surface area contributed by atoms with E-state index in [4.69, 9.17) is 4.74 Å². The largest absolute Gasteiger partial charge is 0.449 e. The third-order valence-corrected chi connectivity index (χ3v) is 6.77. The molecule has 40 heavy (non-hydrogen) atoms. The maximum atomic E-state index is 13.6. The molecular formula is C26H28F6N6O2. The second-order valence-corrected chi connectivity index (χ2v) is 9.62. The summed E-state index contributed by atoms with van der Waals surface area (Å²) >= 11 is 0. The first kappa shape index (κ1) is 29.2. The van der Waals surface area contributed by atoms with Gasteiger partial charge >= 0.3 is 18.4 Å². The minimum absolute atomic E-state index is 0.0206. The monoisotopic (exact) mass is 570 g/mol. The molecule has 1 aromatic heterocycles. The van der Waals surface area contributed by atoms with Gasteiger partial charge in [0.2, 0.25) is 0 Å². The molecule has 14 heteroatoms. The van der Waals surface area contributed by atoms with E-state index in [0.717, 1.165) is 15.9 Å². The van der Waals surface area contributed by atoms with Crippen LogP contribution in [0.25, 0.3) is 0 Å². The fourth-order valence-corrected chi connectivity index (χ4v) is 4.77. The second-order valence-electron chi connectivity index (χ2n) is 9.62. The van der Waals surface area contributed by atoms with Crippen LogP contribution in [0.1, 0.15) is 59.2 Å². The molecule has 0 N–H and O–H groups in total. The molecule has 3 aromatic rings. The highest BCUT2D eigenvalue weighted by molar-refractivity contribution is 5.89. The molecule has 2 aromatic carbocycles. The Bertz CT molecular complexity index is 1350. The van der Waals surface area contributed by atoms with Gasteiger partial charge in [0.15, 0.2) is 0 Å². The maximum absolute atomic E-state index is 13.6. The third-order valence-electron chi connectivity index (χ3n) is 6.77. The molecule has 0 fully saturated rings. The lowest BCUT2D eigenvalue weighted by atomic mass is 9.95. The van der Waals surface area contributed by atoms with E-state index in [0.29, 0.717) is 42.8 Å². The van der Waals surface area contributed by atoms with E-state index in [1.54, 1.807) is 6.92 Å². The van der Waals surface area contributed by atoms with Crippen LogP contribution in [0.5, 0.6) is 0 Å². The fraction of sp³-hybridized carbons (Fsp3) is 0.462. The number of anilines is 2. The minimum Gasteiger partial charge on any atom is -0.449 e. The van der Waals surface area contributed by atoms with Gasteiger partial charge in [0.1, 0.15) is 0 Å². The van der Waals surface area contributed by atoms with E-state index in [2.05, 4.69) is 15.4 Å². The van der Waals surface area contributed by atoms with Gasteiger partial charge in [-0.2, -0.15) is 31.1 Å². The lowest BCUT2D eigenvalue weighted by molar-refractivity contribution is -0.143. The molecule has 0 spiro atoms. The van der Waals surface area contributed by atoms with Gasteiger partial charge in [-0.15, -0.1) is 5.10 Å². The van der Waals surface area contributed by atoms with Crippen LogP contribution >= 0.6 is 0 Å². The highest BCUT2D eigenvalue weighted by Crippen LogP contribution is 2.42. The number of hydrogen-bond donors (Lipinski definition) is 0. The number of alkyl halides is 6. The molecule has 1 aliphatic heterocycles. The molecule has 4 rings (SSSR count). The summed E-state index contributed by atoms with van der Waals surface area (Å²) in [7, 11) is 1.50. The molecule has 216 valence electrons. The van der Waals surface area contributed by atoms with Gasteiger partial charge in [-0.05, 0) is 85.3 Å². The molecule has 0 unspecified atom stereocenters. The number of aryl methyl sites for hydroxylation is 3. The van der Waals surface area contributed by atoms with Crippen LogP contribution in [-0.2, 0) is 30.7 Å². The van der Waals surface area contributed by atoms with E-state index >= 15 is 0 Å². The summed E-state index contributed by atoms with van der Waals surface area (Å²) in [4.78, 5) is 17.0. The van der Waals surface area contributed by atoms with Crippen molar-refractivity contribution < 1.29 is 35.9 Å². The Morgan fingerprint density at radius 3 is 2.20 bits per heavy atom. The smallest absolute Gasteiger partial charge is 0.416 e. The number of benzene rings is 2. The molecule has 0 radical (unpaired) electrons. The second kappa shape index (κ2) is 11.0. The Morgan fingerprint density at radius 1 is 1.02 bits per heavy atom. The van der Waals surface area contributed by atoms with Gasteiger partial charge in [-0.1, -0.05) is 11.2 Å². The minimum atomic E-state index is -4.99. The lowest BCUT2D eigenvalue weighted by Crippen LogP contribution is -2.33. The van der Waals surface area contributed by atoms with Crippen molar-refractivity contribution in [2.24, 2.45) is 7.05 Å². The number of halogens is 6. The zero-order valence-electron chi connectivity index (χ0n) is 22.3. The molecular weight excluding hydrogens is 542 g/mol. The van der Waals surface area contributed by atoms with E-state index in [1.165, 1.54) is 16.8 Å². The fourth-order valence-electron chi connectivity index (χ4n) is 4.77. The first-order valence-electron chi connectivity index (χ1n) is 12.5. The average molecular weight is 571 g/mol. The molecule has 0 saturated heterocycles. The number of fused-ring (bicyclic) bond motifs is 1. The number of nitrogens with zero attached hydrogens (tertiary/aromatic N) is 6. The lowest BCUT2D eigenvalue weighted by Gasteiger charge is -2.32. The van der Waals surface area contributed by atoms with Crippen LogP contribution in [0.15, 0.2) is 30.3 Å². The summed E-state index contributed by atoms with van der Waals surface area (Å²) in [6.45, 7) is 5.52. The molecule has 1 aliphatic rings. The standard InChI is InChI=1S/C26H28F6N6O2/c1-5-40-24(39)37-8-6-7-21(20-9-15(2)16(3)10-22(20)37)38(23-33-35-36(4)34-23)14-17-11-18(25(27,28)29)13-19(12-17)26(30,31)32/h9-13,21H,5-8,14H2,1-4H3/t21-/m0/s1. The quantitative estimate of drug-likeness (QED) is 0.332. The van der Waals surface area contributed by atoms with Gasteiger partial charge in [-0.3, -0.25) is 4.90 Å². The zero-order valence-corrected chi connectivity index (χ0v) is 22.3. The van der Waals surface area contributed by atoms with Crippen molar-refractivity contribution in [2.45, 2.75) is 58.6 Å². The summed E-state index contributed by atoms with van der Waals surface area (Å²) in [5.41, 5.74) is -0.0877. The van der Waals surface area contributed by atoms with Crippen LogP contribution in [0, 0.1) is 13.8 Å². The number of aromatic nitrogens is 4.